The van der Waals surface area contributed by atoms with Gasteiger partial charge in [-0.2, -0.15) is 12.6 Å². The van der Waals surface area contributed by atoms with Gasteiger partial charge in [0.05, 0.1) is 13.0 Å². The van der Waals surface area contributed by atoms with Crippen LogP contribution < -0.4 is 0 Å². The van der Waals surface area contributed by atoms with E-state index in [1.54, 1.807) is 0 Å². The van der Waals surface area contributed by atoms with Gasteiger partial charge in [0.2, 0.25) is 0 Å². The van der Waals surface area contributed by atoms with E-state index in [1.165, 1.54) is 12.8 Å². The fourth-order valence-corrected chi connectivity index (χ4v) is 1.36. The van der Waals surface area contributed by atoms with Crippen molar-refractivity contribution in [2.24, 2.45) is 5.92 Å². The van der Waals surface area contributed by atoms with E-state index in [4.69, 9.17) is 9.84 Å². The predicted molar refractivity (Wildman–Crippen MR) is 80.6 cm³/mol. The van der Waals surface area contributed by atoms with Crippen LogP contribution in [0, 0.1) is 5.92 Å². The van der Waals surface area contributed by atoms with Crippen molar-refractivity contribution in [1.29, 1.82) is 0 Å². The monoisotopic (exact) mass is 290 g/mol. The first-order valence-electron chi connectivity index (χ1n) is 6.55. The van der Waals surface area contributed by atoms with Crippen molar-refractivity contribution >= 4 is 24.6 Å². The minimum atomic E-state index is -0.981. The van der Waals surface area contributed by atoms with E-state index in [9.17, 15) is 9.59 Å². The number of carbonyl (C=O) groups is 2. The zero-order valence-corrected chi connectivity index (χ0v) is 12.8. The second-order valence-electron chi connectivity index (χ2n) is 4.48. The number of thiol groups is 1. The number of aliphatic carboxylic acids is 1. The van der Waals surface area contributed by atoms with E-state index < -0.39 is 5.97 Å². The summed E-state index contributed by atoms with van der Waals surface area (Å²) in [6.07, 6.45) is 5.92. The predicted octanol–water partition coefficient (Wildman–Crippen LogP) is 3.32. The van der Waals surface area contributed by atoms with Crippen LogP contribution in [0.4, 0.5) is 0 Å². The maximum Gasteiger partial charge on any atom is 0.327 e. The largest absolute Gasteiger partial charge is 0.478 e. The van der Waals surface area contributed by atoms with Gasteiger partial charge in [-0.15, -0.1) is 0 Å². The molecule has 0 heterocycles. The van der Waals surface area contributed by atoms with Crippen molar-refractivity contribution in [2.45, 2.75) is 46.0 Å². The van der Waals surface area contributed by atoms with Gasteiger partial charge in [-0.05, 0) is 12.3 Å². The highest BCUT2D eigenvalue weighted by atomic mass is 32.1. The van der Waals surface area contributed by atoms with Crippen molar-refractivity contribution in [3.05, 3.63) is 12.7 Å². The van der Waals surface area contributed by atoms with Crippen molar-refractivity contribution in [1.82, 2.24) is 0 Å². The summed E-state index contributed by atoms with van der Waals surface area (Å²) >= 11 is 3.96. The van der Waals surface area contributed by atoms with Crippen molar-refractivity contribution in [3.63, 3.8) is 0 Å². The van der Waals surface area contributed by atoms with E-state index in [2.05, 4.69) is 33.1 Å². The maximum absolute atomic E-state index is 10.9. The quantitative estimate of drug-likeness (QED) is 0.296. The van der Waals surface area contributed by atoms with E-state index in [-0.39, 0.29) is 5.97 Å². The lowest BCUT2D eigenvalue weighted by Crippen LogP contribution is -2.06. The Labute approximate surface area is 121 Å². The van der Waals surface area contributed by atoms with Gasteiger partial charge in [-0.3, -0.25) is 4.79 Å². The molecule has 0 aliphatic carbocycles. The molecule has 0 radical (unpaired) electrons. The molecule has 0 aromatic carbocycles. The van der Waals surface area contributed by atoms with Gasteiger partial charge in [0.1, 0.15) is 0 Å². The van der Waals surface area contributed by atoms with Crippen LogP contribution in [0.5, 0.6) is 0 Å². The van der Waals surface area contributed by atoms with Crippen molar-refractivity contribution in [3.8, 4) is 0 Å². The first kappa shape index (κ1) is 20.3. The lowest BCUT2D eigenvalue weighted by atomic mass is 10.1. The highest BCUT2D eigenvalue weighted by Crippen LogP contribution is 2.08. The molecule has 0 atom stereocenters. The molecule has 0 saturated heterocycles. The standard InChI is InChI=1S/C11H22O2S.C3H4O2/c1-10(2)6-4-3-5-8-13-11(12)7-9-14;1-2-3(4)5/h10,14H,3-9H2,1-2H3;2H,1H2,(H,4,5). The number of unbranched alkanes of at least 4 members (excludes halogenated alkanes) is 2. The normalized spacial score (nSPS) is 9.47. The van der Waals surface area contributed by atoms with Gasteiger partial charge in [0.25, 0.3) is 0 Å². The van der Waals surface area contributed by atoms with Crippen molar-refractivity contribution in [2.75, 3.05) is 12.4 Å². The fourth-order valence-electron chi connectivity index (χ4n) is 1.18. The molecule has 4 nitrogen and oxygen atoms in total. The molecule has 112 valence electrons. The zero-order valence-electron chi connectivity index (χ0n) is 11.9. The maximum atomic E-state index is 10.9. The number of hydrogen-bond donors (Lipinski definition) is 2. The third-order valence-corrected chi connectivity index (χ3v) is 2.40. The number of ether oxygens (including phenoxy) is 1. The van der Waals surface area contributed by atoms with Gasteiger partial charge in [-0.1, -0.05) is 39.7 Å². The molecule has 0 rings (SSSR count). The SMILES string of the molecule is C=CC(=O)O.CC(C)CCCCCOC(=O)CCS. The molecule has 0 fully saturated rings. The topological polar surface area (TPSA) is 63.6 Å². The number of esters is 1. The lowest BCUT2D eigenvalue weighted by Gasteiger charge is -2.05. The molecule has 0 spiro atoms. The summed E-state index contributed by atoms with van der Waals surface area (Å²) in [5.41, 5.74) is 0. The second kappa shape index (κ2) is 15.1. The molecule has 0 aliphatic heterocycles. The Bertz CT molecular complexity index is 252. The molecule has 0 aromatic heterocycles. The van der Waals surface area contributed by atoms with Gasteiger partial charge < -0.3 is 9.84 Å². The molecule has 0 unspecified atom stereocenters. The Morgan fingerprint density at radius 1 is 1.32 bits per heavy atom. The highest BCUT2D eigenvalue weighted by molar-refractivity contribution is 7.80. The van der Waals surface area contributed by atoms with E-state index in [1.807, 2.05) is 0 Å². The zero-order chi connectivity index (χ0) is 15.1. The van der Waals surface area contributed by atoms with Crippen LogP contribution >= 0.6 is 12.6 Å². The number of carbonyl (C=O) groups excluding carboxylic acids is 1. The van der Waals surface area contributed by atoms with Crippen LogP contribution in [0.1, 0.15) is 46.0 Å². The third kappa shape index (κ3) is 22.7. The molecule has 1 N–H and O–H groups in total. The van der Waals surface area contributed by atoms with E-state index >= 15 is 0 Å². The number of carboxylic acids is 1. The number of rotatable bonds is 9. The molecular weight excluding hydrogens is 264 g/mol. The molecular formula is C14H26O4S. The Balaban J connectivity index is 0. The Hall–Kier alpha value is -0.970. The minimum absolute atomic E-state index is 0.121. The van der Waals surface area contributed by atoms with E-state index in [0.29, 0.717) is 18.8 Å². The summed E-state index contributed by atoms with van der Waals surface area (Å²) in [5, 5.41) is 7.60. The minimum Gasteiger partial charge on any atom is -0.478 e. The number of carboxylic acid groups (broad SMARTS) is 1. The summed E-state index contributed by atoms with van der Waals surface area (Å²) in [4.78, 5) is 20.2. The molecule has 0 bridgehead atoms. The van der Waals surface area contributed by atoms with Gasteiger partial charge >= 0.3 is 11.9 Å². The third-order valence-electron chi connectivity index (χ3n) is 2.18. The summed E-state index contributed by atoms with van der Waals surface area (Å²) < 4.78 is 5.00. The molecule has 19 heavy (non-hydrogen) atoms. The van der Waals surface area contributed by atoms with Gasteiger partial charge in [0.15, 0.2) is 0 Å². The van der Waals surface area contributed by atoms with Gasteiger partial charge in [-0.25, -0.2) is 4.79 Å². The van der Waals surface area contributed by atoms with Crippen LogP contribution in [0.2, 0.25) is 0 Å². The Morgan fingerprint density at radius 2 is 1.89 bits per heavy atom. The lowest BCUT2D eigenvalue weighted by molar-refractivity contribution is -0.143. The van der Waals surface area contributed by atoms with E-state index in [0.717, 1.165) is 24.8 Å². The first-order chi connectivity index (χ1) is 8.93. The fraction of sp³-hybridized carbons (Fsp3) is 0.714. The highest BCUT2D eigenvalue weighted by Gasteiger charge is 2.00. The number of hydrogen-bond acceptors (Lipinski definition) is 4. The van der Waals surface area contributed by atoms with Gasteiger partial charge in [0, 0.05) is 11.8 Å². The average Bonchev–Trinajstić information content (AvgIpc) is 2.34. The summed E-state index contributed by atoms with van der Waals surface area (Å²) in [7, 11) is 0. The second-order valence-corrected chi connectivity index (χ2v) is 4.93. The average molecular weight is 290 g/mol. The van der Waals surface area contributed by atoms with Crippen LogP contribution in [0.3, 0.4) is 0 Å². The molecule has 5 heteroatoms. The summed E-state index contributed by atoms with van der Waals surface area (Å²) in [6.45, 7) is 7.99. The summed E-state index contributed by atoms with van der Waals surface area (Å²) in [6, 6.07) is 0. The molecule has 0 saturated carbocycles. The van der Waals surface area contributed by atoms with Crippen LogP contribution in [0.25, 0.3) is 0 Å². The van der Waals surface area contributed by atoms with Crippen LogP contribution in [-0.2, 0) is 14.3 Å². The first-order valence-corrected chi connectivity index (χ1v) is 7.19. The van der Waals surface area contributed by atoms with Crippen LogP contribution in [-0.4, -0.2) is 29.4 Å². The Morgan fingerprint density at radius 3 is 2.32 bits per heavy atom. The molecule has 0 aliphatic rings. The van der Waals surface area contributed by atoms with Crippen molar-refractivity contribution < 1.29 is 19.4 Å². The van der Waals surface area contributed by atoms with Crippen LogP contribution in [0.15, 0.2) is 12.7 Å². The molecule has 0 amide bonds. The smallest absolute Gasteiger partial charge is 0.327 e. The molecule has 0 aromatic rings. The Kier molecular flexibility index (Phi) is 16.2. The summed E-state index contributed by atoms with van der Waals surface area (Å²) in [5.74, 6) is 0.252.